The molecule has 3 aliphatic carbocycles. The molecule has 4 unspecified atom stereocenters. The summed E-state index contributed by atoms with van der Waals surface area (Å²) in [5.41, 5.74) is 1.65. The Morgan fingerprint density at radius 3 is 2.56 bits per heavy atom. The van der Waals surface area contributed by atoms with Gasteiger partial charge in [0.1, 0.15) is 0 Å². The first-order chi connectivity index (χ1) is 16.1. The standard InChI is InChI=1S/C25H20FNO7/c1-10-7-18(29)21-15(22(10)30)9-14-12(19(21)11-3-6-17(28)16(26)8-11)4-5-13-20(14)24(32)27(23(13)31)25(33)34-2/h3-4,6-8,13-14,19-20,28H,5,9H2,1-2H3. The topological polar surface area (TPSA) is 118 Å². The first-order valence-corrected chi connectivity index (χ1v) is 10.8. The summed E-state index contributed by atoms with van der Waals surface area (Å²) in [4.78, 5) is 64.9. The Balaban J connectivity index is 1.68. The number of benzene rings is 1. The van der Waals surface area contributed by atoms with Crippen LogP contribution in [0.5, 0.6) is 5.75 Å². The van der Waals surface area contributed by atoms with E-state index in [-0.39, 0.29) is 41.1 Å². The number of imide groups is 3. The Bertz CT molecular complexity index is 1300. The Morgan fingerprint density at radius 1 is 1.15 bits per heavy atom. The number of amides is 3. The van der Waals surface area contributed by atoms with E-state index in [2.05, 4.69) is 4.74 Å². The molecule has 34 heavy (non-hydrogen) atoms. The molecule has 1 saturated heterocycles. The number of ketones is 2. The van der Waals surface area contributed by atoms with Gasteiger partial charge in [0.05, 0.1) is 18.9 Å². The molecule has 4 aliphatic rings. The number of allylic oxidation sites excluding steroid dienone is 6. The lowest BCUT2D eigenvalue weighted by molar-refractivity contribution is -0.137. The molecule has 0 radical (unpaired) electrons. The second-order valence-electron chi connectivity index (χ2n) is 8.92. The molecule has 1 fully saturated rings. The van der Waals surface area contributed by atoms with Crippen molar-refractivity contribution in [2.75, 3.05) is 7.11 Å². The number of likely N-dealkylation sites (tertiary alicyclic amines) is 1. The number of rotatable bonds is 1. The van der Waals surface area contributed by atoms with E-state index in [4.69, 9.17) is 0 Å². The number of aromatic hydroxyl groups is 1. The van der Waals surface area contributed by atoms with Crippen LogP contribution in [0.4, 0.5) is 9.18 Å². The average Bonchev–Trinajstić information content (AvgIpc) is 3.07. The SMILES string of the molecule is COC(=O)N1C(=O)C2CC=C3C(c4ccc(O)c(F)c4)C4=C(CC3C2C1=O)C(=O)C(C)=CC4=O. The van der Waals surface area contributed by atoms with Crippen LogP contribution >= 0.6 is 0 Å². The minimum atomic E-state index is -1.07. The molecule has 1 N–H and O–H groups in total. The van der Waals surface area contributed by atoms with Crippen molar-refractivity contribution in [1.29, 1.82) is 0 Å². The molecule has 3 amide bonds. The fraction of sp³-hybridized carbons (Fsp3) is 0.320. The quantitative estimate of drug-likeness (QED) is 0.385. The van der Waals surface area contributed by atoms with Crippen molar-refractivity contribution < 1.29 is 38.2 Å². The van der Waals surface area contributed by atoms with Crippen LogP contribution in [0.25, 0.3) is 0 Å². The number of phenolic OH excluding ortho intramolecular Hbond substituents is 1. The van der Waals surface area contributed by atoms with Gasteiger partial charge in [-0.1, -0.05) is 17.7 Å². The average molecular weight is 465 g/mol. The van der Waals surface area contributed by atoms with Crippen molar-refractivity contribution in [2.45, 2.75) is 25.7 Å². The van der Waals surface area contributed by atoms with Crippen molar-refractivity contribution in [1.82, 2.24) is 4.90 Å². The van der Waals surface area contributed by atoms with Crippen molar-refractivity contribution in [3.8, 4) is 5.75 Å². The summed E-state index contributed by atoms with van der Waals surface area (Å²) in [7, 11) is 1.07. The third kappa shape index (κ3) is 2.92. The molecule has 0 saturated carbocycles. The Kier molecular flexibility index (Phi) is 4.89. The molecular weight excluding hydrogens is 445 g/mol. The number of carbonyl (C=O) groups excluding carboxylic acids is 5. The number of carbonyl (C=O) groups is 5. The van der Waals surface area contributed by atoms with Gasteiger partial charge in [-0.15, -0.1) is 0 Å². The van der Waals surface area contributed by atoms with Gasteiger partial charge in [-0.25, -0.2) is 9.18 Å². The normalized spacial score (nSPS) is 28.3. The molecule has 9 heteroatoms. The van der Waals surface area contributed by atoms with Crippen LogP contribution in [0.3, 0.4) is 0 Å². The zero-order valence-corrected chi connectivity index (χ0v) is 18.3. The van der Waals surface area contributed by atoms with Crippen LogP contribution in [0, 0.1) is 23.6 Å². The maximum atomic E-state index is 14.3. The fourth-order valence-corrected chi connectivity index (χ4v) is 5.74. The van der Waals surface area contributed by atoms with Crippen LogP contribution < -0.4 is 0 Å². The minimum absolute atomic E-state index is 0.0448. The van der Waals surface area contributed by atoms with E-state index in [9.17, 15) is 33.5 Å². The van der Waals surface area contributed by atoms with Gasteiger partial charge in [0.2, 0.25) is 11.8 Å². The molecule has 1 aliphatic heterocycles. The van der Waals surface area contributed by atoms with E-state index >= 15 is 0 Å². The number of hydrogen-bond donors (Lipinski definition) is 1. The van der Waals surface area contributed by atoms with Gasteiger partial charge >= 0.3 is 6.09 Å². The summed E-state index contributed by atoms with van der Waals surface area (Å²) in [6.45, 7) is 1.53. The summed E-state index contributed by atoms with van der Waals surface area (Å²) in [6.07, 6.45) is 2.12. The van der Waals surface area contributed by atoms with E-state index < -0.39 is 53.1 Å². The summed E-state index contributed by atoms with van der Waals surface area (Å²) in [5.74, 6) is -6.74. The Morgan fingerprint density at radius 2 is 1.88 bits per heavy atom. The predicted octanol–water partition coefficient (Wildman–Crippen LogP) is 2.73. The highest BCUT2D eigenvalue weighted by atomic mass is 19.1. The minimum Gasteiger partial charge on any atom is -0.505 e. The molecule has 8 nitrogen and oxygen atoms in total. The zero-order chi connectivity index (χ0) is 24.5. The van der Waals surface area contributed by atoms with Gasteiger partial charge < -0.3 is 9.84 Å². The van der Waals surface area contributed by atoms with Crippen molar-refractivity contribution in [3.05, 3.63) is 64.0 Å². The van der Waals surface area contributed by atoms with E-state index in [0.29, 0.717) is 16.0 Å². The first kappa shape index (κ1) is 21.9. The number of fused-ring (bicyclic) bond motifs is 3. The third-order valence-corrected chi connectivity index (χ3v) is 7.22. The molecule has 0 spiro atoms. The molecule has 5 rings (SSSR count). The lowest BCUT2D eigenvalue weighted by Crippen LogP contribution is -2.40. The molecule has 1 heterocycles. The van der Waals surface area contributed by atoms with Crippen LogP contribution in [0.15, 0.2) is 52.6 Å². The van der Waals surface area contributed by atoms with E-state index in [1.807, 2.05) is 0 Å². The van der Waals surface area contributed by atoms with Crippen LogP contribution in [0.2, 0.25) is 0 Å². The number of Topliss-reactive ketones (excluding diaryl/α,β-unsaturated/α-hetero) is 1. The highest BCUT2D eigenvalue weighted by Crippen LogP contribution is 2.55. The Hall–Kier alpha value is -3.88. The maximum Gasteiger partial charge on any atom is 0.423 e. The van der Waals surface area contributed by atoms with Gasteiger partial charge in [0.15, 0.2) is 23.1 Å². The van der Waals surface area contributed by atoms with Gasteiger partial charge in [0, 0.05) is 22.6 Å². The molecule has 0 aromatic heterocycles. The molecule has 4 atom stereocenters. The van der Waals surface area contributed by atoms with E-state index in [1.165, 1.54) is 25.1 Å². The van der Waals surface area contributed by atoms with Crippen molar-refractivity contribution in [2.24, 2.45) is 17.8 Å². The molecule has 1 aromatic carbocycles. The number of ether oxygens (including phenoxy) is 1. The lowest BCUT2D eigenvalue weighted by atomic mass is 9.59. The second-order valence-corrected chi connectivity index (χ2v) is 8.92. The van der Waals surface area contributed by atoms with Crippen molar-refractivity contribution in [3.63, 3.8) is 0 Å². The maximum absolute atomic E-state index is 14.3. The Labute approximate surface area is 193 Å². The summed E-state index contributed by atoms with van der Waals surface area (Å²) in [5, 5.41) is 9.66. The lowest BCUT2D eigenvalue weighted by Gasteiger charge is -2.42. The van der Waals surface area contributed by atoms with Gasteiger partial charge in [-0.05, 0) is 49.5 Å². The van der Waals surface area contributed by atoms with Gasteiger partial charge in [-0.3, -0.25) is 19.2 Å². The summed E-state index contributed by atoms with van der Waals surface area (Å²) in [6, 6.07) is 3.74. The molecule has 0 bridgehead atoms. The van der Waals surface area contributed by atoms with Gasteiger partial charge in [-0.2, -0.15) is 4.90 Å². The largest absolute Gasteiger partial charge is 0.505 e. The first-order valence-electron chi connectivity index (χ1n) is 10.8. The van der Waals surface area contributed by atoms with Crippen LogP contribution in [0.1, 0.15) is 31.2 Å². The zero-order valence-electron chi connectivity index (χ0n) is 18.3. The summed E-state index contributed by atoms with van der Waals surface area (Å²) < 4.78 is 18.9. The second kappa shape index (κ2) is 7.58. The smallest absolute Gasteiger partial charge is 0.423 e. The van der Waals surface area contributed by atoms with Crippen LogP contribution in [-0.2, 0) is 23.9 Å². The van der Waals surface area contributed by atoms with Crippen molar-refractivity contribution >= 4 is 29.5 Å². The van der Waals surface area contributed by atoms with E-state index in [0.717, 1.165) is 13.2 Å². The highest BCUT2D eigenvalue weighted by molar-refractivity contribution is 6.24. The fourth-order valence-electron chi connectivity index (χ4n) is 5.74. The number of nitrogens with zero attached hydrogens (tertiary/aromatic N) is 1. The highest BCUT2D eigenvalue weighted by Gasteiger charge is 2.58. The number of halogens is 1. The molecule has 174 valence electrons. The van der Waals surface area contributed by atoms with Gasteiger partial charge in [0.25, 0.3) is 0 Å². The predicted molar refractivity (Wildman–Crippen MR) is 114 cm³/mol. The summed E-state index contributed by atoms with van der Waals surface area (Å²) >= 11 is 0. The van der Waals surface area contributed by atoms with E-state index in [1.54, 1.807) is 6.08 Å². The number of phenols is 1. The monoisotopic (exact) mass is 465 g/mol. The molecular formula is C25H20FNO7. The number of hydrogen-bond acceptors (Lipinski definition) is 7. The van der Waals surface area contributed by atoms with Crippen LogP contribution in [-0.4, -0.2) is 46.6 Å². The third-order valence-electron chi connectivity index (χ3n) is 7.22. The molecule has 1 aromatic rings. The number of methoxy groups -OCH3 is 1.